The summed E-state index contributed by atoms with van der Waals surface area (Å²) < 4.78 is 0. The van der Waals surface area contributed by atoms with Gasteiger partial charge in [0, 0.05) is 0 Å². The van der Waals surface area contributed by atoms with Crippen LogP contribution in [0.15, 0.2) is 0 Å². The van der Waals surface area contributed by atoms with Gasteiger partial charge in [0.05, 0.1) is 0 Å². The Morgan fingerprint density at radius 1 is 0.615 bits per heavy atom. The molecule has 0 N–H and O–H groups in total. The summed E-state index contributed by atoms with van der Waals surface area (Å²) in [4.78, 5) is 0. The lowest BCUT2D eigenvalue weighted by atomic mass is 9.52. The highest BCUT2D eigenvalue weighted by Crippen LogP contribution is 2.57. The zero-order valence-electron chi connectivity index (χ0n) is 9.36. The van der Waals surface area contributed by atoms with Gasteiger partial charge < -0.3 is 0 Å². The fourth-order valence-corrected chi connectivity index (χ4v) is 3.79. The van der Waals surface area contributed by atoms with Crippen molar-refractivity contribution in [1.29, 1.82) is 0 Å². The van der Waals surface area contributed by atoms with Crippen molar-refractivity contribution in [3.8, 4) is 0 Å². The number of hydrogen-bond donors (Lipinski definition) is 0. The molecule has 0 amide bonds. The van der Waals surface area contributed by atoms with E-state index in [1.807, 2.05) is 0 Å². The van der Waals surface area contributed by atoms with Gasteiger partial charge in [-0.25, -0.2) is 0 Å². The molecule has 13 heavy (non-hydrogen) atoms. The third kappa shape index (κ3) is 1.53. The predicted molar refractivity (Wildman–Crippen MR) is 57.8 cm³/mol. The van der Waals surface area contributed by atoms with E-state index in [1.54, 1.807) is 0 Å². The van der Waals surface area contributed by atoms with Gasteiger partial charge in [0.1, 0.15) is 0 Å². The standard InChI is InChI=1S/C13H24/c1-12(2)8-6-7-11-13(12)9-4-3-5-10-13/h3-11H2,1-2H3. The summed E-state index contributed by atoms with van der Waals surface area (Å²) in [5, 5.41) is 0. The molecule has 2 rings (SSSR count). The van der Waals surface area contributed by atoms with Crippen molar-refractivity contribution in [1.82, 2.24) is 0 Å². The van der Waals surface area contributed by atoms with Gasteiger partial charge in [-0.2, -0.15) is 0 Å². The molecule has 0 nitrogen and oxygen atoms in total. The normalized spacial score (nSPS) is 31.8. The highest BCUT2D eigenvalue weighted by Gasteiger charge is 2.46. The summed E-state index contributed by atoms with van der Waals surface area (Å²) in [5.74, 6) is 0. The van der Waals surface area contributed by atoms with Crippen LogP contribution in [-0.2, 0) is 0 Å². The van der Waals surface area contributed by atoms with E-state index in [2.05, 4.69) is 13.8 Å². The monoisotopic (exact) mass is 180 g/mol. The average molecular weight is 180 g/mol. The van der Waals surface area contributed by atoms with Gasteiger partial charge in [0.2, 0.25) is 0 Å². The van der Waals surface area contributed by atoms with E-state index in [9.17, 15) is 0 Å². The Labute approximate surface area is 83.1 Å². The highest BCUT2D eigenvalue weighted by molar-refractivity contribution is 4.96. The third-order valence-corrected chi connectivity index (χ3v) is 4.95. The Morgan fingerprint density at radius 3 is 1.69 bits per heavy atom. The van der Waals surface area contributed by atoms with Gasteiger partial charge in [0.25, 0.3) is 0 Å². The molecule has 2 aliphatic carbocycles. The smallest absolute Gasteiger partial charge is 0.0246 e. The topological polar surface area (TPSA) is 0 Å². The van der Waals surface area contributed by atoms with Crippen LogP contribution in [0.2, 0.25) is 0 Å². The third-order valence-electron chi connectivity index (χ3n) is 4.95. The molecule has 2 fully saturated rings. The van der Waals surface area contributed by atoms with Crippen molar-refractivity contribution in [2.45, 2.75) is 71.6 Å². The summed E-state index contributed by atoms with van der Waals surface area (Å²) in [6.07, 6.45) is 13.6. The first-order chi connectivity index (χ1) is 6.16. The summed E-state index contributed by atoms with van der Waals surface area (Å²) in [7, 11) is 0. The lowest BCUT2D eigenvalue weighted by molar-refractivity contribution is -0.0185. The van der Waals surface area contributed by atoms with E-state index >= 15 is 0 Å². The Bertz CT molecular complexity index is 164. The van der Waals surface area contributed by atoms with Crippen molar-refractivity contribution >= 4 is 0 Å². The van der Waals surface area contributed by atoms with E-state index in [0.717, 1.165) is 5.41 Å². The van der Waals surface area contributed by atoms with Crippen molar-refractivity contribution in [2.75, 3.05) is 0 Å². The highest BCUT2D eigenvalue weighted by atomic mass is 14.5. The summed E-state index contributed by atoms with van der Waals surface area (Å²) in [6.45, 7) is 5.05. The molecule has 0 saturated heterocycles. The molecule has 0 radical (unpaired) electrons. The van der Waals surface area contributed by atoms with Crippen LogP contribution in [0.4, 0.5) is 0 Å². The Kier molecular flexibility index (Phi) is 2.42. The van der Waals surface area contributed by atoms with Crippen LogP contribution in [0.1, 0.15) is 71.6 Å². The largest absolute Gasteiger partial charge is 0.0594 e. The number of rotatable bonds is 0. The fourth-order valence-electron chi connectivity index (χ4n) is 3.79. The summed E-state index contributed by atoms with van der Waals surface area (Å²) >= 11 is 0. The molecule has 76 valence electrons. The second-order valence-corrected chi connectivity index (χ2v) is 5.93. The Balaban J connectivity index is 2.16. The van der Waals surface area contributed by atoms with Crippen LogP contribution in [-0.4, -0.2) is 0 Å². The first-order valence-corrected chi connectivity index (χ1v) is 6.16. The number of hydrogen-bond acceptors (Lipinski definition) is 0. The van der Waals surface area contributed by atoms with Gasteiger partial charge in [-0.05, 0) is 36.5 Å². The quantitative estimate of drug-likeness (QED) is 0.513. The van der Waals surface area contributed by atoms with Gasteiger partial charge >= 0.3 is 0 Å². The van der Waals surface area contributed by atoms with Crippen LogP contribution in [0.5, 0.6) is 0 Å². The average Bonchev–Trinajstić information content (AvgIpc) is 2.12. The minimum atomic E-state index is 0.645. The SMILES string of the molecule is CC1(C)CCCCC12CCCCC2. The second-order valence-electron chi connectivity index (χ2n) is 5.93. The molecule has 0 bridgehead atoms. The van der Waals surface area contributed by atoms with Crippen LogP contribution < -0.4 is 0 Å². The molecule has 0 unspecified atom stereocenters. The van der Waals surface area contributed by atoms with Crippen molar-refractivity contribution < 1.29 is 0 Å². The van der Waals surface area contributed by atoms with Crippen LogP contribution >= 0.6 is 0 Å². The first kappa shape index (κ1) is 9.55. The molecular formula is C13H24. The lowest BCUT2D eigenvalue weighted by Crippen LogP contribution is -2.42. The molecule has 0 heteroatoms. The van der Waals surface area contributed by atoms with Crippen molar-refractivity contribution in [2.24, 2.45) is 10.8 Å². The van der Waals surface area contributed by atoms with E-state index in [1.165, 1.54) is 57.8 Å². The van der Waals surface area contributed by atoms with E-state index in [0.29, 0.717) is 5.41 Å². The molecule has 0 aliphatic heterocycles. The maximum absolute atomic E-state index is 2.53. The maximum Gasteiger partial charge on any atom is -0.0246 e. The molecule has 0 aromatic heterocycles. The molecule has 0 aromatic rings. The van der Waals surface area contributed by atoms with Crippen LogP contribution in [0, 0.1) is 10.8 Å². The summed E-state index contributed by atoms with van der Waals surface area (Å²) in [5.41, 5.74) is 1.40. The van der Waals surface area contributed by atoms with Crippen LogP contribution in [0.3, 0.4) is 0 Å². The van der Waals surface area contributed by atoms with E-state index in [4.69, 9.17) is 0 Å². The van der Waals surface area contributed by atoms with Crippen LogP contribution in [0.25, 0.3) is 0 Å². The van der Waals surface area contributed by atoms with Gasteiger partial charge in [0.15, 0.2) is 0 Å². The second kappa shape index (κ2) is 3.29. The minimum Gasteiger partial charge on any atom is -0.0594 e. The van der Waals surface area contributed by atoms with E-state index < -0.39 is 0 Å². The lowest BCUT2D eigenvalue weighted by Gasteiger charge is -2.53. The van der Waals surface area contributed by atoms with Crippen molar-refractivity contribution in [3.05, 3.63) is 0 Å². The minimum absolute atomic E-state index is 0.645. The molecule has 0 atom stereocenters. The van der Waals surface area contributed by atoms with Gasteiger partial charge in [-0.3, -0.25) is 0 Å². The molecule has 0 heterocycles. The van der Waals surface area contributed by atoms with Gasteiger partial charge in [-0.1, -0.05) is 46.0 Å². The zero-order valence-corrected chi connectivity index (χ0v) is 9.36. The Morgan fingerprint density at radius 2 is 1.08 bits per heavy atom. The molecular weight excluding hydrogens is 156 g/mol. The molecule has 2 aliphatic rings. The first-order valence-electron chi connectivity index (χ1n) is 6.16. The summed E-state index contributed by atoms with van der Waals surface area (Å²) in [6, 6.07) is 0. The Hall–Kier alpha value is 0. The molecule has 2 saturated carbocycles. The van der Waals surface area contributed by atoms with Gasteiger partial charge in [-0.15, -0.1) is 0 Å². The maximum atomic E-state index is 2.53. The predicted octanol–water partition coefficient (Wildman–Crippen LogP) is 4.54. The van der Waals surface area contributed by atoms with Crippen molar-refractivity contribution in [3.63, 3.8) is 0 Å². The molecule has 0 aromatic carbocycles. The van der Waals surface area contributed by atoms with E-state index in [-0.39, 0.29) is 0 Å². The zero-order chi connectivity index (χ0) is 9.36. The fraction of sp³-hybridized carbons (Fsp3) is 1.00. The molecule has 1 spiro atoms.